The van der Waals surface area contributed by atoms with E-state index in [0.717, 1.165) is 5.58 Å². The largest absolute Gasteiger partial charge is 0.464 e. The fraction of sp³-hybridized carbons (Fsp3) is 0.556. The van der Waals surface area contributed by atoms with Crippen molar-refractivity contribution in [2.24, 2.45) is 10.8 Å². The summed E-state index contributed by atoms with van der Waals surface area (Å²) in [5.74, 6) is 0.544. The molecule has 0 aliphatic heterocycles. The van der Waals surface area contributed by atoms with Crippen LogP contribution in [0.5, 0.6) is 0 Å². The maximum Gasteiger partial charge on any atom is 0.134 e. The highest BCUT2D eigenvalue weighted by molar-refractivity contribution is 5.77. The van der Waals surface area contributed by atoms with Gasteiger partial charge in [0, 0.05) is 5.39 Å². The van der Waals surface area contributed by atoms with Crippen LogP contribution >= 0.6 is 0 Å². The zero-order valence-electron chi connectivity index (χ0n) is 13.1. The van der Waals surface area contributed by atoms with Crippen LogP contribution < -0.4 is 0 Å². The normalized spacial score (nSPS) is 14.8. The summed E-state index contributed by atoms with van der Waals surface area (Å²) < 4.78 is 5.55. The summed E-state index contributed by atoms with van der Waals surface area (Å²) in [5.41, 5.74) is 2.98. The molecular formula is C18H26O. The van der Waals surface area contributed by atoms with Crippen molar-refractivity contribution in [1.29, 1.82) is 0 Å². The Bertz CT molecular complexity index is 549. The predicted octanol–water partition coefficient (Wildman–Crippen LogP) is 6.00. The second-order valence-electron chi connectivity index (χ2n) is 7.90. The van der Waals surface area contributed by atoms with Crippen LogP contribution in [0.3, 0.4) is 0 Å². The van der Waals surface area contributed by atoms with Gasteiger partial charge in [-0.3, -0.25) is 0 Å². The lowest BCUT2D eigenvalue weighted by Crippen LogP contribution is -2.23. The van der Waals surface area contributed by atoms with E-state index in [9.17, 15) is 0 Å². The van der Waals surface area contributed by atoms with Crippen molar-refractivity contribution in [3.63, 3.8) is 0 Å². The van der Waals surface area contributed by atoms with Gasteiger partial charge in [0.05, 0.1) is 6.26 Å². The molecule has 0 bridgehead atoms. The van der Waals surface area contributed by atoms with Crippen molar-refractivity contribution in [2.45, 2.75) is 53.9 Å². The number of rotatable bonds is 2. The molecule has 1 unspecified atom stereocenters. The number of furan rings is 1. The molecular weight excluding hydrogens is 232 g/mol. The summed E-state index contributed by atoms with van der Waals surface area (Å²) in [6.07, 6.45) is 2.95. The minimum Gasteiger partial charge on any atom is -0.464 e. The molecule has 1 aromatic carbocycles. The first-order valence-electron chi connectivity index (χ1n) is 7.14. The number of hydrogen-bond donors (Lipinski definition) is 0. The Morgan fingerprint density at radius 1 is 1.00 bits per heavy atom. The molecule has 1 aromatic heterocycles. The van der Waals surface area contributed by atoms with E-state index in [1.54, 1.807) is 6.26 Å². The van der Waals surface area contributed by atoms with Gasteiger partial charge < -0.3 is 4.42 Å². The van der Waals surface area contributed by atoms with Gasteiger partial charge in [0.2, 0.25) is 0 Å². The Labute approximate surface area is 117 Å². The van der Waals surface area contributed by atoms with Gasteiger partial charge in [-0.2, -0.15) is 0 Å². The van der Waals surface area contributed by atoms with Gasteiger partial charge in [-0.1, -0.05) is 53.7 Å². The molecule has 0 amide bonds. The standard InChI is InChI=1S/C18H26O/c1-17(2,3)12-15(18(4,5)6)14-8-7-13-9-10-19-16(13)11-14/h7-11,15H,12H2,1-6H3. The van der Waals surface area contributed by atoms with E-state index in [1.165, 1.54) is 17.4 Å². The Hall–Kier alpha value is -1.24. The van der Waals surface area contributed by atoms with Crippen LogP contribution in [0.15, 0.2) is 34.9 Å². The summed E-state index contributed by atoms with van der Waals surface area (Å²) in [6, 6.07) is 8.68. The molecule has 0 saturated carbocycles. The summed E-state index contributed by atoms with van der Waals surface area (Å²) in [7, 11) is 0. The lowest BCUT2D eigenvalue weighted by Gasteiger charge is -2.36. The molecule has 0 N–H and O–H groups in total. The highest BCUT2D eigenvalue weighted by Gasteiger charge is 2.30. The van der Waals surface area contributed by atoms with Crippen LogP contribution in [-0.4, -0.2) is 0 Å². The second kappa shape index (κ2) is 4.70. The third-order valence-corrected chi connectivity index (χ3v) is 3.74. The summed E-state index contributed by atoms with van der Waals surface area (Å²) in [4.78, 5) is 0. The van der Waals surface area contributed by atoms with Gasteiger partial charge in [0.1, 0.15) is 5.58 Å². The fourth-order valence-corrected chi connectivity index (χ4v) is 2.72. The summed E-state index contributed by atoms with van der Waals surface area (Å²) in [5, 5.41) is 1.19. The molecule has 2 rings (SSSR count). The first kappa shape index (κ1) is 14.2. The average molecular weight is 258 g/mol. The quantitative estimate of drug-likeness (QED) is 0.644. The minimum absolute atomic E-state index is 0.257. The number of hydrogen-bond acceptors (Lipinski definition) is 1. The van der Waals surface area contributed by atoms with Crippen LogP contribution in [0.2, 0.25) is 0 Å². The molecule has 0 saturated heterocycles. The highest BCUT2D eigenvalue weighted by atomic mass is 16.3. The summed E-state index contributed by atoms with van der Waals surface area (Å²) >= 11 is 0. The van der Waals surface area contributed by atoms with Crippen molar-refractivity contribution in [3.8, 4) is 0 Å². The minimum atomic E-state index is 0.257. The van der Waals surface area contributed by atoms with E-state index in [4.69, 9.17) is 4.42 Å². The number of benzene rings is 1. The van der Waals surface area contributed by atoms with Gasteiger partial charge in [-0.15, -0.1) is 0 Å². The third-order valence-electron chi connectivity index (χ3n) is 3.74. The first-order chi connectivity index (χ1) is 8.67. The Morgan fingerprint density at radius 2 is 1.68 bits per heavy atom. The Morgan fingerprint density at radius 3 is 2.26 bits per heavy atom. The lowest BCUT2D eigenvalue weighted by molar-refractivity contribution is 0.229. The zero-order valence-corrected chi connectivity index (χ0v) is 13.1. The molecule has 2 aromatic rings. The monoisotopic (exact) mass is 258 g/mol. The smallest absolute Gasteiger partial charge is 0.134 e. The topological polar surface area (TPSA) is 13.1 Å². The van der Waals surface area contributed by atoms with Crippen molar-refractivity contribution in [1.82, 2.24) is 0 Å². The van der Waals surface area contributed by atoms with Gasteiger partial charge in [0.25, 0.3) is 0 Å². The molecule has 0 fully saturated rings. The molecule has 0 radical (unpaired) electrons. The predicted molar refractivity (Wildman–Crippen MR) is 82.5 cm³/mol. The average Bonchev–Trinajstić information content (AvgIpc) is 2.69. The van der Waals surface area contributed by atoms with E-state index < -0.39 is 0 Å². The molecule has 1 heteroatoms. The third kappa shape index (κ3) is 3.40. The lowest BCUT2D eigenvalue weighted by atomic mass is 9.69. The van der Waals surface area contributed by atoms with E-state index in [1.807, 2.05) is 6.07 Å². The second-order valence-corrected chi connectivity index (χ2v) is 7.90. The van der Waals surface area contributed by atoms with Crippen molar-refractivity contribution in [3.05, 3.63) is 36.1 Å². The highest BCUT2D eigenvalue weighted by Crippen LogP contribution is 2.43. The maximum atomic E-state index is 5.55. The Balaban J connectivity index is 2.42. The van der Waals surface area contributed by atoms with Crippen LogP contribution in [0.4, 0.5) is 0 Å². The fourth-order valence-electron chi connectivity index (χ4n) is 2.72. The molecule has 104 valence electrons. The Kier molecular flexibility index (Phi) is 3.51. The SMILES string of the molecule is CC(C)(C)CC(c1ccc2ccoc2c1)C(C)(C)C. The zero-order chi connectivity index (χ0) is 14.3. The van der Waals surface area contributed by atoms with Crippen molar-refractivity contribution in [2.75, 3.05) is 0 Å². The van der Waals surface area contributed by atoms with E-state index in [2.05, 4.69) is 59.7 Å². The van der Waals surface area contributed by atoms with Crippen LogP contribution in [0, 0.1) is 10.8 Å². The molecule has 19 heavy (non-hydrogen) atoms. The molecule has 0 spiro atoms. The maximum absolute atomic E-state index is 5.55. The van der Waals surface area contributed by atoms with E-state index in [0.29, 0.717) is 11.3 Å². The molecule has 1 heterocycles. The molecule has 1 atom stereocenters. The van der Waals surface area contributed by atoms with Crippen molar-refractivity contribution < 1.29 is 4.42 Å². The molecule has 1 nitrogen and oxygen atoms in total. The van der Waals surface area contributed by atoms with Gasteiger partial charge >= 0.3 is 0 Å². The molecule has 0 aliphatic rings. The van der Waals surface area contributed by atoms with Gasteiger partial charge in [-0.05, 0) is 40.9 Å². The molecule has 0 aliphatic carbocycles. The van der Waals surface area contributed by atoms with Crippen LogP contribution in [0.1, 0.15) is 59.4 Å². The van der Waals surface area contributed by atoms with E-state index >= 15 is 0 Å². The number of fused-ring (bicyclic) bond motifs is 1. The van der Waals surface area contributed by atoms with E-state index in [-0.39, 0.29) is 5.41 Å². The van der Waals surface area contributed by atoms with Gasteiger partial charge in [0.15, 0.2) is 0 Å². The van der Waals surface area contributed by atoms with Gasteiger partial charge in [-0.25, -0.2) is 0 Å². The van der Waals surface area contributed by atoms with Crippen LogP contribution in [0.25, 0.3) is 11.0 Å². The van der Waals surface area contributed by atoms with Crippen LogP contribution in [-0.2, 0) is 0 Å². The summed E-state index contributed by atoms with van der Waals surface area (Å²) in [6.45, 7) is 13.9. The van der Waals surface area contributed by atoms with Crippen molar-refractivity contribution >= 4 is 11.0 Å². The first-order valence-corrected chi connectivity index (χ1v) is 7.14.